The van der Waals surface area contributed by atoms with Crippen molar-refractivity contribution in [3.63, 3.8) is 0 Å². The van der Waals surface area contributed by atoms with Gasteiger partial charge < -0.3 is 24.7 Å². The van der Waals surface area contributed by atoms with Crippen LogP contribution in [0.2, 0.25) is 5.02 Å². The highest BCUT2D eigenvalue weighted by atomic mass is 35.5. The van der Waals surface area contributed by atoms with Crippen LogP contribution in [0.1, 0.15) is 31.2 Å². The van der Waals surface area contributed by atoms with Gasteiger partial charge in [-0.25, -0.2) is 14.4 Å². The Hall–Kier alpha value is -3.04. The Morgan fingerprint density at radius 2 is 1.82 bits per heavy atom. The Labute approximate surface area is 233 Å². The number of fused-ring (bicyclic) bond motifs is 1. The smallest absolute Gasteiger partial charge is 0.129 e. The minimum atomic E-state index is -0.251. The molecule has 1 saturated carbocycles. The van der Waals surface area contributed by atoms with Crippen molar-refractivity contribution in [3.05, 3.63) is 77.5 Å². The number of nitrogens with zero attached hydrogens (tertiary/aromatic N) is 4. The van der Waals surface area contributed by atoms with Gasteiger partial charge in [0.1, 0.15) is 11.6 Å². The molecular weight excluding hydrogens is 517 g/mol. The summed E-state index contributed by atoms with van der Waals surface area (Å²) in [4.78, 5) is 11.7. The van der Waals surface area contributed by atoms with Gasteiger partial charge in [-0.1, -0.05) is 29.8 Å². The topological polar surface area (TPSA) is 78.4 Å². The fourth-order valence-electron chi connectivity index (χ4n) is 5.62. The summed E-state index contributed by atoms with van der Waals surface area (Å²) in [6, 6.07) is 15.3. The summed E-state index contributed by atoms with van der Waals surface area (Å²) in [5.74, 6) is 0.584. The van der Waals surface area contributed by atoms with Gasteiger partial charge in [-0.2, -0.15) is 0 Å². The molecule has 9 heteroatoms. The van der Waals surface area contributed by atoms with Crippen molar-refractivity contribution in [2.75, 3.05) is 32.3 Å². The molecule has 2 aromatic heterocycles. The lowest BCUT2D eigenvalue weighted by Crippen LogP contribution is -2.50. The van der Waals surface area contributed by atoms with Crippen molar-refractivity contribution in [3.8, 4) is 11.1 Å². The van der Waals surface area contributed by atoms with E-state index < -0.39 is 0 Å². The molecule has 0 saturated heterocycles. The SMILES string of the molecule is COCC(COC)N(c1cc(-c2ccc3ncn(Cc4cccc(F)c4)c3c2)c(Cl)cn1)[C@H]1CC[C@H](N)CC1. The average molecular weight is 552 g/mol. The number of rotatable bonds is 10. The van der Waals surface area contributed by atoms with Crippen LogP contribution in [0, 0.1) is 5.82 Å². The number of imidazole rings is 1. The van der Waals surface area contributed by atoms with Crippen molar-refractivity contribution < 1.29 is 13.9 Å². The van der Waals surface area contributed by atoms with E-state index in [1.807, 2.05) is 22.8 Å². The molecule has 1 aliphatic carbocycles. The second-order valence-electron chi connectivity index (χ2n) is 10.3. The van der Waals surface area contributed by atoms with Gasteiger partial charge in [0.15, 0.2) is 0 Å². The lowest BCUT2D eigenvalue weighted by Gasteiger charge is -2.41. The van der Waals surface area contributed by atoms with Gasteiger partial charge in [0.2, 0.25) is 0 Å². The van der Waals surface area contributed by atoms with E-state index in [-0.39, 0.29) is 23.9 Å². The van der Waals surface area contributed by atoms with Crippen LogP contribution in [0.5, 0.6) is 0 Å². The van der Waals surface area contributed by atoms with Crippen molar-refractivity contribution in [2.24, 2.45) is 5.73 Å². The van der Waals surface area contributed by atoms with E-state index in [1.165, 1.54) is 6.07 Å². The first-order valence-electron chi connectivity index (χ1n) is 13.3. The molecule has 0 bridgehead atoms. The molecular formula is C30H35ClFN5O2. The standard InChI is InChI=1S/C30H35ClFN5O2/c1-38-17-25(18-39-2)37(24-9-7-23(33)8-10-24)30-14-26(27(31)15-34-30)21-6-11-28-29(13-21)36(19-35-28)16-20-4-3-5-22(32)12-20/h3-6,11-15,19,23-25H,7-10,16-18,33H2,1-2H3/t23-,24-. The summed E-state index contributed by atoms with van der Waals surface area (Å²) in [7, 11) is 3.42. The van der Waals surface area contributed by atoms with Gasteiger partial charge >= 0.3 is 0 Å². The molecule has 2 heterocycles. The molecule has 5 rings (SSSR count). The Morgan fingerprint density at radius 1 is 1.05 bits per heavy atom. The first-order valence-corrected chi connectivity index (χ1v) is 13.7. The molecule has 2 N–H and O–H groups in total. The van der Waals surface area contributed by atoms with Crippen LogP contribution in [0.15, 0.2) is 61.1 Å². The van der Waals surface area contributed by atoms with E-state index in [0.717, 1.165) is 59.2 Å². The number of hydrogen-bond donors (Lipinski definition) is 1. The van der Waals surface area contributed by atoms with E-state index in [9.17, 15) is 4.39 Å². The van der Waals surface area contributed by atoms with Crippen molar-refractivity contribution >= 4 is 28.5 Å². The predicted octanol–water partition coefficient (Wildman–Crippen LogP) is 5.68. The molecule has 1 aliphatic rings. The zero-order valence-electron chi connectivity index (χ0n) is 22.4. The summed E-state index contributed by atoms with van der Waals surface area (Å²) in [5, 5.41) is 0.565. The maximum atomic E-state index is 13.8. The van der Waals surface area contributed by atoms with E-state index in [2.05, 4.69) is 22.0 Å². The maximum absolute atomic E-state index is 13.8. The minimum absolute atomic E-state index is 0.00368. The van der Waals surface area contributed by atoms with E-state index in [0.29, 0.717) is 24.8 Å². The second kappa shape index (κ2) is 12.4. The van der Waals surface area contributed by atoms with Crippen LogP contribution in [0.25, 0.3) is 22.2 Å². The zero-order chi connectivity index (χ0) is 27.4. The maximum Gasteiger partial charge on any atom is 0.129 e. The van der Waals surface area contributed by atoms with Crippen molar-refractivity contribution in [1.29, 1.82) is 0 Å². The van der Waals surface area contributed by atoms with Crippen LogP contribution in [-0.4, -0.2) is 60.1 Å². The summed E-state index contributed by atoms with van der Waals surface area (Å²) < 4.78 is 27.0. The van der Waals surface area contributed by atoms with Gasteiger partial charge in [-0.15, -0.1) is 0 Å². The zero-order valence-corrected chi connectivity index (χ0v) is 23.1. The Bertz CT molecular complexity index is 1400. The molecule has 39 heavy (non-hydrogen) atoms. The quantitative estimate of drug-likeness (QED) is 0.273. The normalized spacial score (nSPS) is 17.7. The Kier molecular flexibility index (Phi) is 8.77. The fourth-order valence-corrected chi connectivity index (χ4v) is 5.83. The van der Waals surface area contributed by atoms with Gasteiger partial charge in [0, 0.05) is 44.6 Å². The highest BCUT2D eigenvalue weighted by Crippen LogP contribution is 2.35. The fraction of sp³-hybridized carbons (Fsp3) is 0.400. The lowest BCUT2D eigenvalue weighted by molar-refractivity contribution is 0.108. The number of benzene rings is 2. The first-order chi connectivity index (χ1) is 19.0. The average Bonchev–Trinajstić information content (AvgIpc) is 3.33. The molecule has 4 aromatic rings. The van der Waals surface area contributed by atoms with Crippen LogP contribution in [0.3, 0.4) is 0 Å². The summed E-state index contributed by atoms with van der Waals surface area (Å²) in [5.41, 5.74) is 10.7. The van der Waals surface area contributed by atoms with Gasteiger partial charge in [-0.3, -0.25) is 0 Å². The van der Waals surface area contributed by atoms with Crippen molar-refractivity contribution in [2.45, 2.75) is 50.4 Å². The van der Waals surface area contributed by atoms with Crippen molar-refractivity contribution in [1.82, 2.24) is 14.5 Å². The number of aromatic nitrogens is 3. The largest absolute Gasteiger partial charge is 0.382 e. The number of hydrogen-bond acceptors (Lipinski definition) is 6. The van der Waals surface area contributed by atoms with Gasteiger partial charge in [0.05, 0.1) is 41.6 Å². The number of pyridine rings is 1. The molecule has 0 radical (unpaired) electrons. The van der Waals surface area contributed by atoms with Crippen LogP contribution < -0.4 is 10.6 Å². The molecule has 0 unspecified atom stereocenters. The third-order valence-corrected chi connectivity index (χ3v) is 7.83. The third-order valence-electron chi connectivity index (χ3n) is 7.53. The summed E-state index contributed by atoms with van der Waals surface area (Å²) in [6.45, 7) is 1.54. The van der Waals surface area contributed by atoms with Gasteiger partial charge in [0.25, 0.3) is 0 Å². The molecule has 2 aromatic carbocycles. The number of halogens is 2. The Balaban J connectivity index is 1.52. The molecule has 1 fully saturated rings. The summed E-state index contributed by atoms with van der Waals surface area (Å²) >= 11 is 6.74. The Morgan fingerprint density at radius 3 is 2.54 bits per heavy atom. The van der Waals surface area contributed by atoms with Gasteiger partial charge in [-0.05, 0) is 67.1 Å². The molecule has 0 aliphatic heterocycles. The molecule has 0 atom stereocenters. The summed E-state index contributed by atoms with van der Waals surface area (Å²) in [6.07, 6.45) is 7.42. The number of ether oxygens (including phenoxy) is 2. The third kappa shape index (κ3) is 6.25. The highest BCUT2D eigenvalue weighted by molar-refractivity contribution is 6.33. The first kappa shape index (κ1) is 27.5. The van der Waals surface area contributed by atoms with Crippen LogP contribution >= 0.6 is 11.6 Å². The number of nitrogens with two attached hydrogens (primary N) is 1. The molecule has 0 amide bonds. The minimum Gasteiger partial charge on any atom is -0.382 e. The number of methoxy groups -OCH3 is 2. The lowest BCUT2D eigenvalue weighted by atomic mass is 9.89. The highest BCUT2D eigenvalue weighted by Gasteiger charge is 2.31. The van der Waals surface area contributed by atoms with E-state index in [4.69, 9.17) is 31.8 Å². The molecule has 206 valence electrons. The predicted molar refractivity (Wildman–Crippen MR) is 154 cm³/mol. The van der Waals surface area contributed by atoms with E-state index >= 15 is 0 Å². The van der Waals surface area contributed by atoms with E-state index in [1.54, 1.807) is 38.9 Å². The monoisotopic (exact) mass is 551 g/mol. The second-order valence-corrected chi connectivity index (χ2v) is 10.7. The van der Waals surface area contributed by atoms with Crippen LogP contribution in [0.4, 0.5) is 10.2 Å². The van der Waals surface area contributed by atoms with Crippen LogP contribution in [-0.2, 0) is 16.0 Å². The number of anilines is 1. The molecule has 7 nitrogen and oxygen atoms in total. The molecule has 0 spiro atoms.